The lowest BCUT2D eigenvalue weighted by atomic mass is 10.1. The average Bonchev–Trinajstić information content (AvgIpc) is 2.50. The molecule has 1 aromatic carbocycles. The largest absolute Gasteiger partial charge is 0.462 e. The van der Waals surface area contributed by atoms with Crippen molar-refractivity contribution in [3.05, 3.63) is 34.4 Å². The molecule has 0 saturated heterocycles. The van der Waals surface area contributed by atoms with Gasteiger partial charge in [0.05, 0.1) is 23.8 Å². The minimum Gasteiger partial charge on any atom is -0.462 e. The second-order valence-electron chi connectivity index (χ2n) is 5.41. The van der Waals surface area contributed by atoms with Crippen LogP contribution in [-0.2, 0) is 14.3 Å². The molecular weight excluding hydrogens is 302 g/mol. The molecule has 1 unspecified atom stereocenters. The maximum atomic E-state index is 11.7. The second kappa shape index (κ2) is 8.87. The molecule has 0 aromatic heterocycles. The highest BCUT2D eigenvalue weighted by molar-refractivity contribution is 5.79. The van der Waals surface area contributed by atoms with Gasteiger partial charge in [-0.2, -0.15) is 0 Å². The van der Waals surface area contributed by atoms with E-state index in [9.17, 15) is 19.7 Å². The summed E-state index contributed by atoms with van der Waals surface area (Å²) in [6.07, 6.45) is 0.310. The Balaban J connectivity index is 2.46. The molecule has 1 atom stereocenters. The molecule has 0 amide bonds. The molecule has 1 rings (SSSR count). The third kappa shape index (κ3) is 6.46. The van der Waals surface area contributed by atoms with Crippen molar-refractivity contribution in [2.24, 2.45) is 5.92 Å². The number of hydrogen-bond donors (Lipinski definition) is 0. The molecule has 0 aliphatic heterocycles. The zero-order chi connectivity index (χ0) is 17.4. The predicted molar refractivity (Wildman–Crippen MR) is 83.0 cm³/mol. The number of carbonyl (C=O) groups is 2. The highest BCUT2D eigenvalue weighted by Crippen LogP contribution is 2.19. The van der Waals surface area contributed by atoms with Gasteiger partial charge in [-0.05, 0) is 18.4 Å². The van der Waals surface area contributed by atoms with Gasteiger partial charge in [0.25, 0.3) is 5.69 Å². The van der Waals surface area contributed by atoms with Gasteiger partial charge in [-0.15, -0.1) is 0 Å². The van der Waals surface area contributed by atoms with Gasteiger partial charge < -0.3 is 9.47 Å². The van der Waals surface area contributed by atoms with Crippen molar-refractivity contribution in [3.8, 4) is 5.75 Å². The Morgan fingerprint density at radius 3 is 2.43 bits per heavy atom. The van der Waals surface area contributed by atoms with E-state index in [1.165, 1.54) is 18.2 Å². The van der Waals surface area contributed by atoms with Crippen LogP contribution in [0.15, 0.2) is 24.3 Å². The quantitative estimate of drug-likeness (QED) is 0.315. The van der Waals surface area contributed by atoms with E-state index in [-0.39, 0.29) is 36.3 Å². The zero-order valence-corrected chi connectivity index (χ0v) is 13.5. The van der Waals surface area contributed by atoms with Crippen molar-refractivity contribution in [2.45, 2.75) is 46.1 Å². The Bertz CT molecular complexity index is 569. The minimum absolute atomic E-state index is 0.0752. The van der Waals surface area contributed by atoms with Crippen LogP contribution in [0.5, 0.6) is 5.75 Å². The van der Waals surface area contributed by atoms with Crippen LogP contribution in [-0.4, -0.2) is 23.0 Å². The molecule has 0 bridgehead atoms. The van der Waals surface area contributed by atoms with Crippen LogP contribution < -0.4 is 4.74 Å². The zero-order valence-electron chi connectivity index (χ0n) is 13.5. The molecule has 126 valence electrons. The summed E-state index contributed by atoms with van der Waals surface area (Å²) in [6.45, 7) is 5.84. The lowest BCUT2D eigenvalue weighted by Gasteiger charge is -2.19. The van der Waals surface area contributed by atoms with Crippen LogP contribution in [0.2, 0.25) is 0 Å². The van der Waals surface area contributed by atoms with E-state index in [0.717, 1.165) is 6.07 Å². The Morgan fingerprint density at radius 2 is 1.87 bits per heavy atom. The number of esters is 2. The highest BCUT2D eigenvalue weighted by atomic mass is 16.6. The van der Waals surface area contributed by atoms with Gasteiger partial charge in [-0.1, -0.05) is 26.8 Å². The molecule has 23 heavy (non-hydrogen) atoms. The first-order valence-electron chi connectivity index (χ1n) is 7.48. The molecular formula is C16H21NO6. The number of carbonyl (C=O) groups excluding carboxylic acids is 2. The highest BCUT2D eigenvalue weighted by Gasteiger charge is 2.18. The Hall–Kier alpha value is -2.44. The first-order chi connectivity index (χ1) is 10.8. The molecule has 0 fully saturated rings. The normalized spacial score (nSPS) is 11.8. The predicted octanol–water partition coefficient (Wildman–Crippen LogP) is 3.26. The maximum absolute atomic E-state index is 11.7. The molecule has 0 saturated carbocycles. The Labute approximate surface area is 134 Å². The standard InChI is InChI=1S/C16H21NO6/c1-4-14(11(2)3)23-16(19)9-8-15(18)22-13-7-5-6-12(10-13)17(20)21/h5-7,10-11,14H,4,8-9H2,1-3H3. The van der Waals surface area contributed by atoms with Crippen molar-refractivity contribution in [3.63, 3.8) is 0 Å². The van der Waals surface area contributed by atoms with Gasteiger partial charge in [0.15, 0.2) is 0 Å². The first kappa shape index (κ1) is 18.6. The summed E-state index contributed by atoms with van der Waals surface area (Å²) in [6, 6.07) is 5.31. The lowest BCUT2D eigenvalue weighted by molar-refractivity contribution is -0.384. The van der Waals surface area contributed by atoms with E-state index in [4.69, 9.17) is 9.47 Å². The van der Waals surface area contributed by atoms with E-state index in [1.54, 1.807) is 0 Å². The van der Waals surface area contributed by atoms with Crippen molar-refractivity contribution < 1.29 is 24.0 Å². The number of nitro groups is 1. The SMILES string of the molecule is CCC(OC(=O)CCC(=O)Oc1cccc([N+](=O)[O-])c1)C(C)C. The second-order valence-corrected chi connectivity index (χ2v) is 5.41. The van der Waals surface area contributed by atoms with Gasteiger partial charge in [0, 0.05) is 6.07 Å². The van der Waals surface area contributed by atoms with Crippen LogP contribution in [0.4, 0.5) is 5.69 Å². The number of nitrogens with zero attached hydrogens (tertiary/aromatic N) is 1. The summed E-state index contributed by atoms with van der Waals surface area (Å²) in [5.74, 6) is -0.812. The topological polar surface area (TPSA) is 95.7 Å². The van der Waals surface area contributed by atoms with Crippen molar-refractivity contribution in [1.82, 2.24) is 0 Å². The molecule has 0 aliphatic rings. The van der Waals surface area contributed by atoms with Crippen LogP contribution >= 0.6 is 0 Å². The maximum Gasteiger partial charge on any atom is 0.311 e. The number of nitro benzene ring substituents is 1. The van der Waals surface area contributed by atoms with Crippen LogP contribution in [0.1, 0.15) is 40.0 Å². The lowest BCUT2D eigenvalue weighted by Crippen LogP contribution is -2.23. The van der Waals surface area contributed by atoms with E-state index in [2.05, 4.69) is 0 Å². The first-order valence-corrected chi connectivity index (χ1v) is 7.48. The van der Waals surface area contributed by atoms with Crippen molar-refractivity contribution in [1.29, 1.82) is 0 Å². The molecule has 7 nitrogen and oxygen atoms in total. The van der Waals surface area contributed by atoms with E-state index in [1.807, 2.05) is 20.8 Å². The molecule has 1 aromatic rings. The smallest absolute Gasteiger partial charge is 0.311 e. The number of hydrogen-bond acceptors (Lipinski definition) is 6. The number of benzene rings is 1. The van der Waals surface area contributed by atoms with Gasteiger partial charge in [-0.25, -0.2) is 0 Å². The van der Waals surface area contributed by atoms with Crippen LogP contribution in [0.3, 0.4) is 0 Å². The molecule has 0 N–H and O–H groups in total. The summed E-state index contributed by atoms with van der Waals surface area (Å²) in [5.41, 5.74) is -0.169. The summed E-state index contributed by atoms with van der Waals surface area (Å²) in [5, 5.41) is 10.6. The fraction of sp³-hybridized carbons (Fsp3) is 0.500. The molecule has 0 aliphatic carbocycles. The summed E-state index contributed by atoms with van der Waals surface area (Å²) < 4.78 is 10.3. The average molecular weight is 323 g/mol. The van der Waals surface area contributed by atoms with E-state index in [0.29, 0.717) is 6.42 Å². The van der Waals surface area contributed by atoms with Gasteiger partial charge in [0.2, 0.25) is 0 Å². The molecule has 0 radical (unpaired) electrons. The summed E-state index contributed by atoms with van der Waals surface area (Å²) in [7, 11) is 0. The summed E-state index contributed by atoms with van der Waals surface area (Å²) >= 11 is 0. The van der Waals surface area contributed by atoms with Gasteiger partial charge >= 0.3 is 11.9 Å². The number of ether oxygens (including phenoxy) is 2. The van der Waals surface area contributed by atoms with Gasteiger partial charge in [-0.3, -0.25) is 19.7 Å². The van der Waals surface area contributed by atoms with Crippen LogP contribution in [0.25, 0.3) is 0 Å². The van der Waals surface area contributed by atoms with E-state index < -0.39 is 16.9 Å². The number of rotatable bonds is 8. The molecule has 7 heteroatoms. The minimum atomic E-state index is -0.639. The van der Waals surface area contributed by atoms with Crippen molar-refractivity contribution >= 4 is 17.6 Å². The fourth-order valence-electron chi connectivity index (χ4n) is 1.97. The Morgan fingerprint density at radius 1 is 1.22 bits per heavy atom. The molecule has 0 heterocycles. The molecule has 0 spiro atoms. The van der Waals surface area contributed by atoms with Gasteiger partial charge in [0.1, 0.15) is 11.9 Å². The number of non-ortho nitro benzene ring substituents is 1. The Kier molecular flexibility index (Phi) is 7.18. The third-order valence-electron chi connectivity index (χ3n) is 3.22. The van der Waals surface area contributed by atoms with E-state index >= 15 is 0 Å². The summed E-state index contributed by atoms with van der Waals surface area (Å²) in [4.78, 5) is 33.5. The monoisotopic (exact) mass is 323 g/mol. The fourth-order valence-corrected chi connectivity index (χ4v) is 1.97. The third-order valence-corrected chi connectivity index (χ3v) is 3.22. The van der Waals surface area contributed by atoms with Crippen molar-refractivity contribution in [2.75, 3.05) is 0 Å². The van der Waals surface area contributed by atoms with Crippen LogP contribution in [0, 0.1) is 16.0 Å².